The molecule has 0 radical (unpaired) electrons. The van der Waals surface area contributed by atoms with E-state index in [-0.39, 0.29) is 6.04 Å². The second-order valence-electron chi connectivity index (χ2n) is 4.94. The molecule has 0 spiro atoms. The van der Waals surface area contributed by atoms with Crippen LogP contribution in [-0.4, -0.2) is 19.7 Å². The molecule has 2 aromatic rings. The van der Waals surface area contributed by atoms with Crippen molar-refractivity contribution in [2.45, 2.75) is 53.1 Å². The van der Waals surface area contributed by atoms with Gasteiger partial charge in [0.25, 0.3) is 0 Å². The quantitative estimate of drug-likeness (QED) is 0.869. The van der Waals surface area contributed by atoms with E-state index in [1.165, 1.54) is 5.69 Å². The van der Waals surface area contributed by atoms with Crippen LogP contribution in [0.2, 0.25) is 0 Å². The van der Waals surface area contributed by atoms with Gasteiger partial charge >= 0.3 is 0 Å². The Labute approximate surface area is 114 Å². The molecule has 1 atom stereocenters. The summed E-state index contributed by atoms with van der Waals surface area (Å²) in [6.45, 7) is 9.22. The molecule has 0 bridgehead atoms. The standard InChI is InChI=1S/C14H23N5/c1-5-7-11(15)14-16-8-12(17-14)13-9(3)18-19(6-2)10(13)4/h8,11H,5-7,15H2,1-4H3,(H,16,17). The van der Waals surface area contributed by atoms with Gasteiger partial charge in [0.15, 0.2) is 0 Å². The van der Waals surface area contributed by atoms with E-state index in [2.05, 4.69) is 35.8 Å². The minimum absolute atomic E-state index is 0.0133. The fraction of sp³-hybridized carbons (Fsp3) is 0.571. The highest BCUT2D eigenvalue weighted by atomic mass is 15.3. The average Bonchev–Trinajstić information content (AvgIpc) is 2.94. The number of nitrogens with zero attached hydrogens (tertiary/aromatic N) is 3. The van der Waals surface area contributed by atoms with Crippen LogP contribution in [0.15, 0.2) is 6.20 Å². The van der Waals surface area contributed by atoms with Gasteiger partial charge < -0.3 is 10.7 Å². The molecule has 0 aliphatic heterocycles. The predicted octanol–water partition coefficient (Wildman–Crippen LogP) is 2.71. The molecule has 2 aromatic heterocycles. The van der Waals surface area contributed by atoms with E-state index >= 15 is 0 Å². The maximum Gasteiger partial charge on any atom is 0.123 e. The second kappa shape index (κ2) is 5.57. The Bertz CT molecular complexity index is 552. The third-order valence-corrected chi connectivity index (χ3v) is 3.50. The van der Waals surface area contributed by atoms with Gasteiger partial charge in [0.2, 0.25) is 0 Å². The van der Waals surface area contributed by atoms with Gasteiger partial charge in [-0.3, -0.25) is 4.68 Å². The molecular formula is C14H23N5. The third-order valence-electron chi connectivity index (χ3n) is 3.50. The molecule has 2 rings (SSSR count). The zero-order chi connectivity index (χ0) is 14.0. The maximum absolute atomic E-state index is 6.09. The van der Waals surface area contributed by atoms with Crippen molar-refractivity contribution in [1.29, 1.82) is 0 Å². The fourth-order valence-electron chi connectivity index (χ4n) is 2.49. The van der Waals surface area contributed by atoms with Crippen LogP contribution in [0.25, 0.3) is 11.3 Å². The van der Waals surface area contributed by atoms with E-state index in [4.69, 9.17) is 5.73 Å². The molecule has 0 aromatic carbocycles. The van der Waals surface area contributed by atoms with Crippen LogP contribution >= 0.6 is 0 Å². The molecule has 104 valence electrons. The first-order valence-corrected chi connectivity index (χ1v) is 6.93. The monoisotopic (exact) mass is 261 g/mol. The van der Waals surface area contributed by atoms with Crippen LogP contribution < -0.4 is 5.73 Å². The van der Waals surface area contributed by atoms with Crippen LogP contribution in [0.4, 0.5) is 0 Å². The third kappa shape index (κ3) is 2.56. The second-order valence-corrected chi connectivity index (χ2v) is 4.94. The highest BCUT2D eigenvalue weighted by Crippen LogP contribution is 2.26. The summed E-state index contributed by atoms with van der Waals surface area (Å²) in [6, 6.07) is -0.0133. The minimum atomic E-state index is -0.0133. The number of aryl methyl sites for hydroxylation is 2. The number of aromatic amines is 1. The maximum atomic E-state index is 6.09. The van der Waals surface area contributed by atoms with Crippen LogP contribution in [-0.2, 0) is 6.54 Å². The first-order chi connectivity index (χ1) is 9.08. The molecule has 5 heteroatoms. The SMILES string of the molecule is CCCC(N)c1ncc(-c2c(C)nn(CC)c2C)[nH]1. The van der Waals surface area contributed by atoms with Gasteiger partial charge in [0.1, 0.15) is 5.82 Å². The topological polar surface area (TPSA) is 72.5 Å². The van der Waals surface area contributed by atoms with E-state index < -0.39 is 0 Å². The predicted molar refractivity (Wildman–Crippen MR) is 76.8 cm³/mol. The van der Waals surface area contributed by atoms with Crippen LogP contribution in [0.1, 0.15) is 49.9 Å². The van der Waals surface area contributed by atoms with Gasteiger partial charge in [-0.25, -0.2) is 4.98 Å². The zero-order valence-electron chi connectivity index (χ0n) is 12.2. The zero-order valence-corrected chi connectivity index (χ0v) is 12.2. The molecule has 2 heterocycles. The summed E-state index contributed by atoms with van der Waals surface area (Å²) in [5.74, 6) is 0.861. The van der Waals surface area contributed by atoms with Crippen molar-refractivity contribution in [2.75, 3.05) is 0 Å². The number of nitrogens with one attached hydrogen (secondary N) is 1. The minimum Gasteiger partial charge on any atom is -0.341 e. The number of H-pyrrole nitrogens is 1. The van der Waals surface area contributed by atoms with Gasteiger partial charge in [-0.1, -0.05) is 13.3 Å². The van der Waals surface area contributed by atoms with Crippen molar-refractivity contribution in [3.63, 3.8) is 0 Å². The van der Waals surface area contributed by atoms with Gasteiger partial charge in [0.05, 0.1) is 23.6 Å². The van der Waals surface area contributed by atoms with Gasteiger partial charge in [-0.05, 0) is 27.2 Å². The smallest absolute Gasteiger partial charge is 0.123 e. The first-order valence-electron chi connectivity index (χ1n) is 6.93. The summed E-state index contributed by atoms with van der Waals surface area (Å²) in [7, 11) is 0. The lowest BCUT2D eigenvalue weighted by Crippen LogP contribution is -2.11. The van der Waals surface area contributed by atoms with Crippen molar-refractivity contribution >= 4 is 0 Å². The van der Waals surface area contributed by atoms with Crippen molar-refractivity contribution in [2.24, 2.45) is 5.73 Å². The summed E-state index contributed by atoms with van der Waals surface area (Å²) in [4.78, 5) is 7.75. The number of hydrogen-bond acceptors (Lipinski definition) is 3. The molecule has 0 fully saturated rings. The number of nitrogens with two attached hydrogens (primary N) is 1. The van der Waals surface area contributed by atoms with Gasteiger partial charge in [0, 0.05) is 17.8 Å². The van der Waals surface area contributed by atoms with Crippen LogP contribution in [0.5, 0.6) is 0 Å². The number of aromatic nitrogens is 4. The first kappa shape index (κ1) is 13.8. The Morgan fingerprint density at radius 3 is 2.68 bits per heavy atom. The van der Waals surface area contributed by atoms with E-state index in [9.17, 15) is 0 Å². The number of rotatable bonds is 5. The molecule has 3 N–H and O–H groups in total. The Kier molecular flexibility index (Phi) is 4.04. The Hall–Kier alpha value is -1.62. The van der Waals surface area contributed by atoms with E-state index in [0.29, 0.717) is 0 Å². The lowest BCUT2D eigenvalue weighted by Gasteiger charge is -2.06. The Morgan fingerprint density at radius 2 is 2.11 bits per heavy atom. The van der Waals surface area contributed by atoms with E-state index in [1.54, 1.807) is 0 Å². The summed E-state index contributed by atoms with van der Waals surface area (Å²) in [5.41, 5.74) is 10.4. The summed E-state index contributed by atoms with van der Waals surface area (Å²) in [6.07, 6.45) is 3.87. The van der Waals surface area contributed by atoms with Crippen molar-refractivity contribution in [3.8, 4) is 11.3 Å². The Balaban J connectivity index is 2.35. The lowest BCUT2D eigenvalue weighted by atomic mass is 10.1. The summed E-state index contributed by atoms with van der Waals surface area (Å²) >= 11 is 0. The van der Waals surface area contributed by atoms with Crippen molar-refractivity contribution < 1.29 is 0 Å². The van der Waals surface area contributed by atoms with E-state index in [0.717, 1.165) is 42.2 Å². The molecule has 0 aliphatic carbocycles. The largest absolute Gasteiger partial charge is 0.341 e. The molecule has 0 saturated heterocycles. The highest BCUT2D eigenvalue weighted by Gasteiger charge is 2.16. The van der Waals surface area contributed by atoms with Crippen LogP contribution in [0, 0.1) is 13.8 Å². The molecule has 0 saturated carbocycles. The molecule has 0 aliphatic rings. The Morgan fingerprint density at radius 1 is 1.37 bits per heavy atom. The lowest BCUT2D eigenvalue weighted by molar-refractivity contribution is 0.609. The van der Waals surface area contributed by atoms with Crippen molar-refractivity contribution in [3.05, 3.63) is 23.4 Å². The van der Waals surface area contributed by atoms with E-state index in [1.807, 2.05) is 17.8 Å². The van der Waals surface area contributed by atoms with Crippen LogP contribution in [0.3, 0.4) is 0 Å². The number of imidazole rings is 1. The molecule has 5 nitrogen and oxygen atoms in total. The molecule has 0 amide bonds. The molecule has 1 unspecified atom stereocenters. The summed E-state index contributed by atoms with van der Waals surface area (Å²) in [5, 5.41) is 4.53. The summed E-state index contributed by atoms with van der Waals surface area (Å²) < 4.78 is 2.01. The molecule has 19 heavy (non-hydrogen) atoms. The van der Waals surface area contributed by atoms with Crippen molar-refractivity contribution in [1.82, 2.24) is 19.7 Å². The molecular weight excluding hydrogens is 238 g/mol. The fourth-order valence-corrected chi connectivity index (χ4v) is 2.49. The van der Waals surface area contributed by atoms with Gasteiger partial charge in [-0.2, -0.15) is 5.10 Å². The number of hydrogen-bond donors (Lipinski definition) is 2. The highest BCUT2D eigenvalue weighted by molar-refractivity contribution is 5.64. The average molecular weight is 261 g/mol. The normalized spacial score (nSPS) is 12.9. The van der Waals surface area contributed by atoms with Gasteiger partial charge in [-0.15, -0.1) is 0 Å².